The van der Waals surface area contributed by atoms with Crippen LogP contribution < -0.4 is 0 Å². The zero-order chi connectivity index (χ0) is 8.69. The summed E-state index contributed by atoms with van der Waals surface area (Å²) in [6, 6.07) is 0. The van der Waals surface area contributed by atoms with Crippen LogP contribution in [0.3, 0.4) is 0 Å². The van der Waals surface area contributed by atoms with E-state index >= 15 is 0 Å². The molecule has 0 heterocycles. The third-order valence-electron chi connectivity index (χ3n) is 1.22. The number of halogens is 1. The van der Waals surface area contributed by atoms with Gasteiger partial charge in [0.05, 0.1) is 9.92 Å². The highest BCUT2D eigenvalue weighted by molar-refractivity contribution is 14.1. The maximum atomic E-state index is 7.06. The van der Waals surface area contributed by atoms with E-state index in [1.807, 2.05) is 26.0 Å². The topological polar surface area (TPSA) is 36.2 Å². The van der Waals surface area contributed by atoms with Gasteiger partial charge in [-0.25, -0.2) is 0 Å². The zero-order valence-electron chi connectivity index (χ0n) is 6.63. The Labute approximate surface area is 80.8 Å². The van der Waals surface area contributed by atoms with E-state index in [1.54, 1.807) is 4.22 Å². The highest BCUT2D eigenvalue weighted by Gasteiger charge is 1.95. The summed E-state index contributed by atoms with van der Waals surface area (Å²) >= 11 is 2.06. The normalized spacial score (nSPS) is 14.1. The molecule has 0 aliphatic heterocycles. The molecular formula is C8H11IN2. The van der Waals surface area contributed by atoms with E-state index in [-0.39, 0.29) is 0 Å². The van der Waals surface area contributed by atoms with Crippen molar-refractivity contribution in [3.8, 4) is 0 Å². The van der Waals surface area contributed by atoms with Crippen molar-refractivity contribution >= 4 is 33.0 Å². The van der Waals surface area contributed by atoms with Gasteiger partial charge >= 0.3 is 0 Å². The van der Waals surface area contributed by atoms with Gasteiger partial charge in [-0.3, -0.25) is 4.99 Å². The third-order valence-corrected chi connectivity index (χ3v) is 1.50. The first-order chi connectivity index (χ1) is 5.29. The first-order valence-electron chi connectivity index (χ1n) is 3.26. The molecule has 2 nitrogen and oxygen atoms in total. The van der Waals surface area contributed by atoms with Crippen molar-refractivity contribution in [2.24, 2.45) is 4.99 Å². The third kappa shape index (κ3) is 3.46. The molecule has 0 fully saturated rings. The maximum Gasteiger partial charge on any atom is 0.0676 e. The molecule has 0 aromatic carbocycles. The first kappa shape index (κ1) is 10.6. The number of rotatable bonds is 3. The van der Waals surface area contributed by atoms with E-state index < -0.39 is 0 Å². The highest BCUT2D eigenvalue weighted by Crippen LogP contribution is 2.08. The molecule has 0 amide bonds. The van der Waals surface area contributed by atoms with Gasteiger partial charge in [-0.2, -0.15) is 0 Å². The van der Waals surface area contributed by atoms with Gasteiger partial charge in [0, 0.05) is 11.8 Å². The lowest BCUT2D eigenvalue weighted by molar-refractivity contribution is 1.35. The second kappa shape index (κ2) is 6.27. The number of hydrogen-bond acceptors (Lipinski definition) is 2. The fourth-order valence-corrected chi connectivity index (χ4v) is 0.974. The van der Waals surface area contributed by atoms with Gasteiger partial charge in [0.2, 0.25) is 0 Å². The lowest BCUT2D eigenvalue weighted by atomic mass is 10.2. The standard InChI is InChI=1S/C8H11IN2/c1-3-7(5-10)8(4-2)11-6-9/h3-6,10H,1-2H3/b7-3-,8-4+,10-5?,11-6-. The van der Waals surface area contributed by atoms with E-state index in [0.717, 1.165) is 11.3 Å². The average molecular weight is 262 g/mol. The van der Waals surface area contributed by atoms with Crippen LogP contribution in [0.25, 0.3) is 0 Å². The Morgan fingerprint density at radius 3 is 2.27 bits per heavy atom. The van der Waals surface area contributed by atoms with Gasteiger partial charge in [-0.1, -0.05) is 12.2 Å². The van der Waals surface area contributed by atoms with Crippen LogP contribution in [0.2, 0.25) is 0 Å². The summed E-state index contributed by atoms with van der Waals surface area (Å²) in [5.41, 5.74) is 1.69. The van der Waals surface area contributed by atoms with Gasteiger partial charge in [0.15, 0.2) is 0 Å². The lowest BCUT2D eigenvalue weighted by Crippen LogP contribution is -1.86. The molecule has 0 saturated carbocycles. The maximum absolute atomic E-state index is 7.06. The monoisotopic (exact) mass is 262 g/mol. The van der Waals surface area contributed by atoms with Crippen LogP contribution >= 0.6 is 22.6 Å². The number of aliphatic imine (C=N–C) groups is 1. The van der Waals surface area contributed by atoms with Gasteiger partial charge in [-0.05, 0) is 36.4 Å². The second-order valence-corrected chi connectivity index (χ2v) is 2.35. The minimum Gasteiger partial charge on any atom is -0.308 e. The average Bonchev–Trinajstić information content (AvgIpc) is 2.05. The van der Waals surface area contributed by atoms with Gasteiger partial charge < -0.3 is 5.41 Å². The summed E-state index contributed by atoms with van der Waals surface area (Å²) in [4.78, 5) is 4.09. The molecule has 0 spiro atoms. The molecule has 0 aromatic heterocycles. The predicted molar refractivity (Wildman–Crippen MR) is 58.8 cm³/mol. The predicted octanol–water partition coefficient (Wildman–Crippen LogP) is 2.95. The van der Waals surface area contributed by atoms with Crippen molar-refractivity contribution in [1.82, 2.24) is 0 Å². The van der Waals surface area contributed by atoms with Crippen LogP contribution in [0.15, 0.2) is 28.4 Å². The Morgan fingerprint density at radius 2 is 2.00 bits per heavy atom. The van der Waals surface area contributed by atoms with Crippen LogP contribution in [0.1, 0.15) is 13.8 Å². The van der Waals surface area contributed by atoms with Gasteiger partial charge in [-0.15, -0.1) is 0 Å². The minimum atomic E-state index is 0.844. The van der Waals surface area contributed by atoms with E-state index in [0.29, 0.717) is 0 Å². The van der Waals surface area contributed by atoms with Gasteiger partial charge in [0.25, 0.3) is 0 Å². The Kier molecular flexibility index (Phi) is 6.02. The summed E-state index contributed by atoms with van der Waals surface area (Å²) in [6.45, 7) is 3.80. The molecule has 0 bridgehead atoms. The summed E-state index contributed by atoms with van der Waals surface area (Å²) < 4.78 is 1.69. The molecule has 0 radical (unpaired) electrons. The molecule has 0 aromatic rings. The fourth-order valence-electron chi connectivity index (χ4n) is 0.673. The van der Waals surface area contributed by atoms with E-state index in [2.05, 4.69) is 27.6 Å². The molecule has 0 rings (SSSR count). The number of nitrogens with zero attached hydrogens (tertiary/aromatic N) is 1. The van der Waals surface area contributed by atoms with Crippen LogP contribution in [-0.2, 0) is 0 Å². The molecule has 3 heteroatoms. The molecular weight excluding hydrogens is 251 g/mol. The second-order valence-electron chi connectivity index (χ2n) is 1.79. The summed E-state index contributed by atoms with van der Waals surface area (Å²) in [5, 5.41) is 7.06. The SMILES string of the molecule is C\C=C(C=N)/C(=C\C)/N=C\I. The van der Waals surface area contributed by atoms with Crippen molar-refractivity contribution in [2.45, 2.75) is 13.8 Å². The molecule has 1 N–H and O–H groups in total. The molecule has 0 atom stereocenters. The quantitative estimate of drug-likeness (QED) is 0.461. The molecule has 11 heavy (non-hydrogen) atoms. The smallest absolute Gasteiger partial charge is 0.0676 e. The molecule has 0 saturated heterocycles. The number of hydrogen-bond donors (Lipinski definition) is 1. The minimum absolute atomic E-state index is 0.844. The largest absolute Gasteiger partial charge is 0.308 e. The van der Waals surface area contributed by atoms with Crippen molar-refractivity contribution in [3.05, 3.63) is 23.4 Å². The summed E-state index contributed by atoms with van der Waals surface area (Å²) in [7, 11) is 0. The molecule has 0 aliphatic carbocycles. The van der Waals surface area contributed by atoms with Crippen LogP contribution in [-0.4, -0.2) is 10.4 Å². The zero-order valence-corrected chi connectivity index (χ0v) is 8.79. The number of nitrogens with one attached hydrogen (secondary N) is 1. The molecule has 0 unspecified atom stereocenters. The fraction of sp³-hybridized carbons (Fsp3) is 0.250. The van der Waals surface area contributed by atoms with Crippen molar-refractivity contribution in [1.29, 1.82) is 5.41 Å². The van der Waals surface area contributed by atoms with Gasteiger partial charge in [0.1, 0.15) is 0 Å². The lowest BCUT2D eigenvalue weighted by Gasteiger charge is -1.97. The van der Waals surface area contributed by atoms with Crippen molar-refractivity contribution in [2.75, 3.05) is 0 Å². The Hall–Kier alpha value is -0.450. The van der Waals surface area contributed by atoms with E-state index in [1.165, 1.54) is 6.21 Å². The van der Waals surface area contributed by atoms with Crippen LogP contribution in [0.5, 0.6) is 0 Å². The van der Waals surface area contributed by atoms with Crippen molar-refractivity contribution < 1.29 is 0 Å². The Morgan fingerprint density at radius 1 is 1.36 bits per heavy atom. The Bertz CT molecular complexity index is 214. The van der Waals surface area contributed by atoms with Crippen LogP contribution in [0.4, 0.5) is 0 Å². The highest BCUT2D eigenvalue weighted by atomic mass is 127. The van der Waals surface area contributed by atoms with Crippen molar-refractivity contribution in [3.63, 3.8) is 0 Å². The molecule has 0 aliphatic rings. The Balaban J connectivity index is 4.64. The van der Waals surface area contributed by atoms with E-state index in [9.17, 15) is 0 Å². The van der Waals surface area contributed by atoms with E-state index in [4.69, 9.17) is 5.41 Å². The number of allylic oxidation sites excluding steroid dienone is 3. The van der Waals surface area contributed by atoms with Crippen LogP contribution in [0, 0.1) is 5.41 Å². The summed E-state index contributed by atoms with van der Waals surface area (Å²) in [6.07, 6.45) is 5.06. The molecule has 60 valence electrons. The first-order valence-corrected chi connectivity index (χ1v) is 4.51. The summed E-state index contributed by atoms with van der Waals surface area (Å²) in [5.74, 6) is 0.